The number of aromatic nitrogens is 1. The molecule has 1 heterocycles. The molecular formula is C19H22N2O4. The summed E-state index contributed by atoms with van der Waals surface area (Å²) in [5.41, 5.74) is 1.38. The lowest BCUT2D eigenvalue weighted by Gasteiger charge is -2.21. The van der Waals surface area contributed by atoms with E-state index in [1.165, 1.54) is 11.1 Å². The summed E-state index contributed by atoms with van der Waals surface area (Å²) in [6, 6.07) is 12.8. The van der Waals surface area contributed by atoms with Crippen LogP contribution in [0.4, 0.5) is 0 Å². The summed E-state index contributed by atoms with van der Waals surface area (Å²) in [5, 5.41) is 9.09. The zero-order chi connectivity index (χ0) is 18.2. The summed E-state index contributed by atoms with van der Waals surface area (Å²) in [4.78, 5) is 29.1. The first-order chi connectivity index (χ1) is 12.0. The smallest absolute Gasteiger partial charge is 0.323 e. The third-order valence-electron chi connectivity index (χ3n) is 3.47. The van der Waals surface area contributed by atoms with Gasteiger partial charge >= 0.3 is 5.97 Å². The van der Waals surface area contributed by atoms with Gasteiger partial charge in [0.1, 0.15) is 6.54 Å². The number of carboxylic acid groups (broad SMARTS) is 1. The molecule has 25 heavy (non-hydrogen) atoms. The first kappa shape index (κ1) is 18.4. The number of carbonyl (C=O) groups excluding carboxylic acids is 1. The number of hydrogen-bond acceptors (Lipinski definition) is 4. The van der Waals surface area contributed by atoms with Crippen LogP contribution in [0.5, 0.6) is 5.88 Å². The van der Waals surface area contributed by atoms with Crippen LogP contribution in [0.25, 0.3) is 0 Å². The standard InChI is InChI=1S/C19H22N2O4/c1-14(2)25-17-9-8-16(12-20-17)19(24)21(13-18(22)23)11-10-15-6-4-3-5-7-15/h3-9,12,14H,10-11,13H2,1-2H3,(H,22,23). The van der Waals surface area contributed by atoms with Crippen LogP contribution in [0, 0.1) is 0 Å². The van der Waals surface area contributed by atoms with Crippen molar-refractivity contribution in [2.24, 2.45) is 0 Å². The largest absolute Gasteiger partial charge is 0.480 e. The van der Waals surface area contributed by atoms with Crippen LogP contribution in [0.3, 0.4) is 0 Å². The zero-order valence-corrected chi connectivity index (χ0v) is 14.4. The van der Waals surface area contributed by atoms with Gasteiger partial charge in [-0.2, -0.15) is 0 Å². The highest BCUT2D eigenvalue weighted by Crippen LogP contribution is 2.12. The lowest BCUT2D eigenvalue weighted by molar-refractivity contribution is -0.137. The van der Waals surface area contributed by atoms with Crippen molar-refractivity contribution in [3.05, 3.63) is 59.8 Å². The average Bonchev–Trinajstić information content (AvgIpc) is 2.59. The van der Waals surface area contributed by atoms with Gasteiger partial charge in [-0.25, -0.2) is 4.98 Å². The van der Waals surface area contributed by atoms with Crippen LogP contribution < -0.4 is 4.74 Å². The van der Waals surface area contributed by atoms with Crippen molar-refractivity contribution in [2.45, 2.75) is 26.4 Å². The van der Waals surface area contributed by atoms with Gasteiger partial charge < -0.3 is 14.7 Å². The van der Waals surface area contributed by atoms with E-state index < -0.39 is 5.97 Å². The summed E-state index contributed by atoms with van der Waals surface area (Å²) in [6.45, 7) is 3.74. The van der Waals surface area contributed by atoms with E-state index in [-0.39, 0.29) is 18.6 Å². The van der Waals surface area contributed by atoms with Crippen molar-refractivity contribution in [3.8, 4) is 5.88 Å². The third-order valence-corrected chi connectivity index (χ3v) is 3.47. The van der Waals surface area contributed by atoms with Gasteiger partial charge in [-0.1, -0.05) is 30.3 Å². The van der Waals surface area contributed by atoms with Crippen LogP contribution >= 0.6 is 0 Å². The zero-order valence-electron chi connectivity index (χ0n) is 14.4. The average molecular weight is 342 g/mol. The molecule has 1 aromatic heterocycles. The second-order valence-electron chi connectivity index (χ2n) is 5.91. The quantitative estimate of drug-likeness (QED) is 0.798. The lowest BCUT2D eigenvalue weighted by atomic mass is 10.1. The molecule has 1 N–H and O–H groups in total. The summed E-state index contributed by atoms with van der Waals surface area (Å²) in [7, 11) is 0. The summed E-state index contributed by atoms with van der Waals surface area (Å²) < 4.78 is 5.45. The fourth-order valence-electron chi connectivity index (χ4n) is 2.32. The van der Waals surface area contributed by atoms with Gasteiger partial charge in [-0.3, -0.25) is 9.59 Å². The molecule has 132 valence electrons. The van der Waals surface area contributed by atoms with E-state index in [4.69, 9.17) is 9.84 Å². The summed E-state index contributed by atoms with van der Waals surface area (Å²) in [6.07, 6.45) is 1.99. The molecular weight excluding hydrogens is 320 g/mol. The molecule has 0 unspecified atom stereocenters. The maximum absolute atomic E-state index is 12.6. The maximum atomic E-state index is 12.6. The van der Waals surface area contributed by atoms with Crippen LogP contribution in [0.2, 0.25) is 0 Å². The second-order valence-corrected chi connectivity index (χ2v) is 5.91. The van der Waals surface area contributed by atoms with Gasteiger partial charge in [0.15, 0.2) is 0 Å². The highest BCUT2D eigenvalue weighted by molar-refractivity contribution is 5.95. The molecule has 0 spiro atoms. The first-order valence-corrected chi connectivity index (χ1v) is 8.13. The first-order valence-electron chi connectivity index (χ1n) is 8.13. The number of benzene rings is 1. The van der Waals surface area contributed by atoms with E-state index >= 15 is 0 Å². The van der Waals surface area contributed by atoms with Gasteiger partial charge in [0.25, 0.3) is 5.91 Å². The van der Waals surface area contributed by atoms with Crippen molar-refractivity contribution in [1.29, 1.82) is 0 Å². The number of aliphatic carboxylic acids is 1. The molecule has 1 amide bonds. The maximum Gasteiger partial charge on any atom is 0.323 e. The molecule has 0 aliphatic rings. The Balaban J connectivity index is 2.07. The van der Waals surface area contributed by atoms with E-state index in [0.29, 0.717) is 24.4 Å². The number of nitrogens with zero attached hydrogens (tertiary/aromatic N) is 2. The molecule has 2 aromatic rings. The summed E-state index contributed by atoms with van der Waals surface area (Å²) >= 11 is 0. The fraction of sp³-hybridized carbons (Fsp3) is 0.316. The second kappa shape index (κ2) is 8.82. The molecule has 0 saturated carbocycles. The van der Waals surface area contributed by atoms with Crippen LogP contribution in [0.15, 0.2) is 48.7 Å². The lowest BCUT2D eigenvalue weighted by Crippen LogP contribution is -2.37. The Morgan fingerprint density at radius 2 is 1.88 bits per heavy atom. The van der Waals surface area contributed by atoms with Crippen LogP contribution in [0.1, 0.15) is 29.8 Å². The molecule has 0 radical (unpaired) electrons. The fourth-order valence-corrected chi connectivity index (χ4v) is 2.32. The molecule has 6 nitrogen and oxygen atoms in total. The Bertz CT molecular complexity index is 699. The number of ether oxygens (including phenoxy) is 1. The molecule has 0 bridgehead atoms. The van der Waals surface area contributed by atoms with Crippen molar-refractivity contribution in [1.82, 2.24) is 9.88 Å². The molecule has 1 aromatic carbocycles. The minimum Gasteiger partial charge on any atom is -0.480 e. The van der Waals surface area contributed by atoms with E-state index in [1.807, 2.05) is 44.2 Å². The number of amides is 1. The van der Waals surface area contributed by atoms with E-state index in [1.54, 1.807) is 12.1 Å². The monoisotopic (exact) mass is 342 g/mol. The van der Waals surface area contributed by atoms with E-state index in [2.05, 4.69) is 4.98 Å². The molecule has 0 aliphatic heterocycles. The summed E-state index contributed by atoms with van der Waals surface area (Å²) in [5.74, 6) is -0.975. The number of carboxylic acids is 1. The molecule has 6 heteroatoms. The van der Waals surface area contributed by atoms with Gasteiger partial charge in [-0.15, -0.1) is 0 Å². The third kappa shape index (κ3) is 5.91. The number of hydrogen-bond donors (Lipinski definition) is 1. The van der Waals surface area contributed by atoms with E-state index in [0.717, 1.165) is 5.56 Å². The molecule has 0 fully saturated rings. The molecule has 0 saturated heterocycles. The number of carbonyl (C=O) groups is 2. The minimum absolute atomic E-state index is 0.0107. The topological polar surface area (TPSA) is 79.7 Å². The van der Waals surface area contributed by atoms with Crippen molar-refractivity contribution >= 4 is 11.9 Å². The molecule has 2 rings (SSSR count). The normalized spacial score (nSPS) is 10.5. The molecule has 0 atom stereocenters. The Morgan fingerprint density at radius 3 is 2.44 bits per heavy atom. The Kier molecular flexibility index (Phi) is 6.51. The van der Waals surface area contributed by atoms with Gasteiger partial charge in [0, 0.05) is 18.8 Å². The van der Waals surface area contributed by atoms with E-state index in [9.17, 15) is 9.59 Å². The predicted molar refractivity (Wildman–Crippen MR) is 93.7 cm³/mol. The van der Waals surface area contributed by atoms with Gasteiger partial charge in [0.2, 0.25) is 5.88 Å². The highest BCUT2D eigenvalue weighted by Gasteiger charge is 2.19. The van der Waals surface area contributed by atoms with Gasteiger partial charge in [-0.05, 0) is 31.9 Å². The number of rotatable bonds is 8. The van der Waals surface area contributed by atoms with Crippen LogP contribution in [-0.2, 0) is 11.2 Å². The van der Waals surface area contributed by atoms with Crippen molar-refractivity contribution in [2.75, 3.05) is 13.1 Å². The van der Waals surface area contributed by atoms with Crippen LogP contribution in [-0.4, -0.2) is 46.1 Å². The Morgan fingerprint density at radius 1 is 1.16 bits per heavy atom. The highest BCUT2D eigenvalue weighted by atomic mass is 16.5. The Hall–Kier alpha value is -2.89. The predicted octanol–water partition coefficient (Wildman–Crippen LogP) is 2.64. The number of pyridine rings is 1. The van der Waals surface area contributed by atoms with Gasteiger partial charge in [0.05, 0.1) is 11.7 Å². The minimum atomic E-state index is -1.05. The van der Waals surface area contributed by atoms with Crippen molar-refractivity contribution < 1.29 is 19.4 Å². The Labute approximate surface area is 147 Å². The molecule has 0 aliphatic carbocycles. The van der Waals surface area contributed by atoms with Crippen molar-refractivity contribution in [3.63, 3.8) is 0 Å². The SMILES string of the molecule is CC(C)Oc1ccc(C(=O)N(CCc2ccccc2)CC(=O)O)cn1.